The molecule has 5 amide bonds. The van der Waals surface area contributed by atoms with Crippen LogP contribution in [-0.2, 0) is 74.4 Å². The monoisotopic (exact) mass is 1600 g/mol. The number of fused-ring (bicyclic) bond motifs is 5. The van der Waals surface area contributed by atoms with Gasteiger partial charge >= 0.3 is 0 Å². The minimum absolute atomic E-state index is 0.00730. The number of hydrogen-bond donors (Lipinski definition) is 11. The van der Waals surface area contributed by atoms with Crippen LogP contribution >= 0.6 is 34.0 Å². The highest BCUT2D eigenvalue weighted by Gasteiger charge is 2.35. The van der Waals surface area contributed by atoms with Gasteiger partial charge in [0.15, 0.2) is 5.13 Å². The van der Waals surface area contributed by atoms with Gasteiger partial charge in [0, 0.05) is 116 Å². The fourth-order valence-electron chi connectivity index (χ4n) is 13.7. The molecule has 6 aliphatic rings. The van der Waals surface area contributed by atoms with Crippen molar-refractivity contribution in [1.29, 1.82) is 0 Å². The molecule has 1 fully saturated rings. The fraction of sp³-hybridized carbons (Fsp3) is 0.545. The van der Waals surface area contributed by atoms with E-state index in [4.69, 9.17) is 34.4 Å². The molecule has 5 aliphatic heterocycles. The first-order valence-corrected chi connectivity index (χ1v) is 42.4. The number of rotatable bonds is 25. The summed E-state index contributed by atoms with van der Waals surface area (Å²) in [6, 6.07) is 3.75. The summed E-state index contributed by atoms with van der Waals surface area (Å²) in [5.41, 5.74) is 47.0. The number of carbonyl (C=O) groups excluding carboxylic acids is 5. The van der Waals surface area contributed by atoms with Crippen molar-refractivity contribution in [1.82, 2.24) is 84.3 Å². The molecule has 14 rings (SSSR count). The first-order valence-electron chi connectivity index (χ1n) is 39.7. The highest BCUT2D eigenvalue weighted by atomic mass is 32.1. The van der Waals surface area contributed by atoms with E-state index >= 15 is 0 Å². The SMILES string of the molecule is CCCCNc1nc(N)nc2c1CCN(C(=O)C(C)C)C2.CCCCNc1nc(N)nc2c1CCN(C(=O)C1CCC1)C2.CCCCNc1nc(N)nc2c1CCN(C(=O)c1cccs1)C2.CCCCNc1nc(N)nc2c1CCN(C(=O)c1csc(N)n1)C2.CCCCNc1nc(N)nc2c1CCN(C(=O)c1cscn1)C2. The lowest BCUT2D eigenvalue weighted by molar-refractivity contribution is -0.139. The normalized spacial score (nSPS) is 14.6. The zero-order chi connectivity index (χ0) is 80.5. The fourth-order valence-corrected chi connectivity index (χ4v) is 15.4. The molecule has 608 valence electrons. The average Bonchev–Trinajstić information content (AvgIpc) is 1.37. The van der Waals surface area contributed by atoms with E-state index in [0.29, 0.717) is 75.3 Å². The Kier molecular flexibility index (Phi) is 31.5. The van der Waals surface area contributed by atoms with Crippen LogP contribution in [0.25, 0.3) is 0 Å². The second-order valence-electron chi connectivity index (χ2n) is 28.8. The Morgan fingerprint density at radius 3 is 1.09 bits per heavy atom. The number of anilines is 11. The lowest BCUT2D eigenvalue weighted by Gasteiger charge is -2.34. The summed E-state index contributed by atoms with van der Waals surface area (Å²) in [6.45, 7) is 24.8. The molecule has 1 saturated carbocycles. The number of nitrogens with two attached hydrogens (primary N) is 6. The van der Waals surface area contributed by atoms with E-state index < -0.39 is 0 Å². The Balaban J connectivity index is 0.000000150. The number of hydrogen-bond acceptors (Lipinski definition) is 31. The predicted octanol–water partition coefficient (Wildman–Crippen LogP) is 9.73. The summed E-state index contributed by atoms with van der Waals surface area (Å²) in [4.78, 5) is 123. The Morgan fingerprint density at radius 2 is 0.779 bits per heavy atom. The summed E-state index contributed by atoms with van der Waals surface area (Å²) in [5, 5.41) is 22.5. The maximum atomic E-state index is 12.5. The number of thiophene rings is 1. The number of aromatic nitrogens is 12. The lowest BCUT2D eigenvalue weighted by atomic mass is 9.84. The third-order valence-electron chi connectivity index (χ3n) is 20.1. The molecule has 113 heavy (non-hydrogen) atoms. The molecule has 8 aromatic rings. The van der Waals surface area contributed by atoms with Gasteiger partial charge in [-0.15, -0.1) is 34.0 Å². The molecule has 0 atom stereocenters. The third-order valence-corrected chi connectivity index (χ3v) is 22.2. The smallest absolute Gasteiger partial charge is 0.273 e. The van der Waals surface area contributed by atoms with Crippen LogP contribution < -0.4 is 61.0 Å². The van der Waals surface area contributed by atoms with E-state index in [1.165, 1.54) is 40.4 Å². The molecule has 13 heterocycles. The van der Waals surface area contributed by atoms with Crippen molar-refractivity contribution in [2.45, 2.75) is 197 Å². The van der Waals surface area contributed by atoms with Crippen LogP contribution in [0, 0.1) is 11.8 Å². The van der Waals surface area contributed by atoms with Crippen LogP contribution in [0.3, 0.4) is 0 Å². The molecule has 0 unspecified atom stereocenters. The zero-order valence-corrected chi connectivity index (χ0v) is 68.7. The van der Waals surface area contributed by atoms with Crippen LogP contribution in [0.1, 0.15) is 219 Å². The number of unbranched alkanes of at least 4 members (excludes halogenated alkanes) is 5. The Hall–Kier alpha value is -10.5. The summed E-state index contributed by atoms with van der Waals surface area (Å²) < 4.78 is 0. The number of nitrogens with zero attached hydrogens (tertiary/aromatic N) is 17. The van der Waals surface area contributed by atoms with Crippen LogP contribution in [0.15, 0.2) is 33.8 Å². The molecular formula is C77H112N28O5S3. The second kappa shape index (κ2) is 41.9. The summed E-state index contributed by atoms with van der Waals surface area (Å²) in [6.07, 6.45) is 18.1. The van der Waals surface area contributed by atoms with Crippen LogP contribution in [0.2, 0.25) is 0 Å². The highest BCUT2D eigenvalue weighted by Crippen LogP contribution is 2.34. The van der Waals surface area contributed by atoms with E-state index in [9.17, 15) is 24.0 Å². The van der Waals surface area contributed by atoms with Crippen molar-refractivity contribution in [3.8, 4) is 0 Å². The van der Waals surface area contributed by atoms with Crippen LogP contribution in [0.5, 0.6) is 0 Å². The molecule has 8 aromatic heterocycles. The van der Waals surface area contributed by atoms with Crippen molar-refractivity contribution in [3.05, 3.63) is 106 Å². The predicted molar refractivity (Wildman–Crippen MR) is 448 cm³/mol. The van der Waals surface area contributed by atoms with Crippen LogP contribution in [0.4, 0.5) is 64.0 Å². The van der Waals surface area contributed by atoms with E-state index in [0.717, 1.165) is 239 Å². The summed E-state index contributed by atoms with van der Waals surface area (Å²) >= 11 is 4.15. The van der Waals surface area contributed by atoms with Gasteiger partial charge in [0.2, 0.25) is 41.6 Å². The van der Waals surface area contributed by atoms with Gasteiger partial charge in [-0.05, 0) is 88.5 Å². The minimum Gasteiger partial charge on any atom is -0.375 e. The second-order valence-corrected chi connectivity index (χ2v) is 31.4. The standard InChI is InChI=1S/C16H21N5OS.C16H25N5O.C15H21N7OS.C15H20N6OS.C15H25N5O/c1-2-3-7-18-14-11-6-8-21(10-12(11)19-16(17)20-14)15(22)13-5-4-9-23-13;1-2-3-8-18-14-12-7-9-21(15(22)11-5-4-6-11)10-13(12)19-16(17)20-14;1-2-3-5-18-12-9-4-6-22(7-10(9)19-14(16)21-12)13(23)11-8-24-15(17)20-11;1-2-3-5-17-13-10-4-6-21(7-11(10)19-15(16)20-13)14(22)12-8-23-9-18-12;1-4-5-7-17-13-11-6-8-20(14(21)10(2)3)9-12(11)18-15(16)19-13/h4-5,9H,2-3,6-8,10H2,1H3,(H3,17,18,19,20);11H,2-10H2,1H3,(H3,17,18,19,20);8H,2-7H2,1H3,(H2,17,20)(H3,16,18,19,21);8-9H,2-7H2,1H3,(H3,16,17,19,20);10H,4-9H2,1-3H3,(H3,16,17,18,19). The molecule has 0 spiro atoms. The maximum Gasteiger partial charge on any atom is 0.273 e. The van der Waals surface area contributed by atoms with Gasteiger partial charge in [-0.25, -0.2) is 34.9 Å². The van der Waals surface area contributed by atoms with Crippen molar-refractivity contribution in [2.75, 3.05) is 126 Å². The van der Waals surface area contributed by atoms with Gasteiger partial charge in [0.25, 0.3) is 17.7 Å². The Bertz CT molecular complexity index is 4360. The van der Waals surface area contributed by atoms with Gasteiger partial charge in [-0.3, -0.25) is 24.0 Å². The average molecular weight is 1610 g/mol. The van der Waals surface area contributed by atoms with Gasteiger partial charge in [0.05, 0.1) is 71.6 Å². The van der Waals surface area contributed by atoms with E-state index in [1.54, 1.807) is 26.1 Å². The van der Waals surface area contributed by atoms with Crippen molar-refractivity contribution in [3.63, 3.8) is 0 Å². The topological polar surface area (TPSA) is 472 Å². The van der Waals surface area contributed by atoms with Gasteiger partial charge in [0.1, 0.15) is 40.5 Å². The minimum atomic E-state index is -0.133. The van der Waals surface area contributed by atoms with Crippen LogP contribution in [-0.4, -0.2) is 179 Å². The number of nitrogens with one attached hydrogen (secondary N) is 5. The quantitative estimate of drug-likeness (QED) is 0.0237. The van der Waals surface area contributed by atoms with Gasteiger partial charge in [-0.1, -0.05) is 93.1 Å². The van der Waals surface area contributed by atoms with Crippen molar-refractivity contribution < 1.29 is 24.0 Å². The zero-order valence-electron chi connectivity index (χ0n) is 66.3. The summed E-state index contributed by atoms with van der Waals surface area (Å²) in [5.74, 6) is 5.95. The molecule has 17 N–H and O–H groups in total. The first kappa shape index (κ1) is 84.9. The van der Waals surface area contributed by atoms with E-state index in [1.807, 2.05) is 46.1 Å². The maximum absolute atomic E-state index is 12.5. The molecule has 33 nitrogen and oxygen atoms in total. The lowest BCUT2D eigenvalue weighted by Crippen LogP contribution is -2.42. The number of carbonyl (C=O) groups is 5. The summed E-state index contributed by atoms with van der Waals surface area (Å²) in [7, 11) is 0. The Labute approximate surface area is 673 Å². The van der Waals surface area contributed by atoms with Gasteiger partial charge < -0.3 is 85.5 Å². The third kappa shape index (κ3) is 23.1. The number of amides is 5. The van der Waals surface area contributed by atoms with E-state index in [-0.39, 0.29) is 71.1 Å². The first-order chi connectivity index (χ1) is 54.7. The Morgan fingerprint density at radius 1 is 0.434 bits per heavy atom. The molecule has 0 saturated heterocycles. The molecule has 0 bridgehead atoms. The largest absolute Gasteiger partial charge is 0.375 e. The number of nitrogen functional groups attached to an aromatic ring is 6. The molecule has 36 heteroatoms. The number of thiazole rings is 2. The molecular weight excluding hydrogens is 1490 g/mol. The van der Waals surface area contributed by atoms with Crippen molar-refractivity contribution in [2.24, 2.45) is 11.8 Å². The highest BCUT2D eigenvalue weighted by molar-refractivity contribution is 7.13. The molecule has 0 radical (unpaired) electrons. The van der Waals surface area contributed by atoms with E-state index in [2.05, 4.69) is 121 Å². The molecule has 0 aromatic carbocycles. The van der Waals surface area contributed by atoms with Gasteiger partial charge in [-0.2, -0.15) is 24.9 Å². The van der Waals surface area contributed by atoms with Crippen molar-refractivity contribution >= 4 is 128 Å². The molecule has 1 aliphatic carbocycles.